The minimum atomic E-state index is -3.45. The van der Waals surface area contributed by atoms with Crippen LogP contribution in [-0.4, -0.2) is 56.3 Å². The highest BCUT2D eigenvalue weighted by Crippen LogP contribution is 2.15. The molecule has 1 aliphatic heterocycles. The third-order valence-corrected chi connectivity index (χ3v) is 5.61. The first-order chi connectivity index (χ1) is 10.9. The van der Waals surface area contributed by atoms with E-state index in [-0.39, 0.29) is 19.2 Å². The fraction of sp³-hybridized carbons (Fsp3) is 0.533. The van der Waals surface area contributed by atoms with Crippen LogP contribution >= 0.6 is 0 Å². The molecule has 0 saturated carbocycles. The van der Waals surface area contributed by atoms with Gasteiger partial charge < -0.3 is 10.1 Å². The van der Waals surface area contributed by atoms with Crippen LogP contribution in [0.3, 0.4) is 0 Å². The molecule has 7 nitrogen and oxygen atoms in total. The molecule has 0 bridgehead atoms. The van der Waals surface area contributed by atoms with E-state index >= 15 is 0 Å². The van der Waals surface area contributed by atoms with Gasteiger partial charge >= 0.3 is 6.09 Å². The van der Waals surface area contributed by atoms with Gasteiger partial charge in [0.25, 0.3) is 10.2 Å². The van der Waals surface area contributed by atoms with Gasteiger partial charge in [-0.1, -0.05) is 30.3 Å². The lowest BCUT2D eigenvalue weighted by atomic mass is 10.1. The van der Waals surface area contributed by atoms with Gasteiger partial charge in [-0.05, 0) is 18.4 Å². The molecule has 0 spiro atoms. The summed E-state index contributed by atoms with van der Waals surface area (Å²) in [7, 11) is -0.448. The lowest BCUT2D eigenvalue weighted by molar-refractivity contribution is 0.130. The highest BCUT2D eigenvalue weighted by molar-refractivity contribution is 7.86. The van der Waals surface area contributed by atoms with Crippen LogP contribution in [0.15, 0.2) is 30.3 Å². The van der Waals surface area contributed by atoms with Gasteiger partial charge in [0.15, 0.2) is 0 Å². The van der Waals surface area contributed by atoms with Crippen LogP contribution in [-0.2, 0) is 21.6 Å². The van der Waals surface area contributed by atoms with Gasteiger partial charge in [-0.15, -0.1) is 0 Å². The summed E-state index contributed by atoms with van der Waals surface area (Å²) in [5.41, 5.74) is 0.906. The van der Waals surface area contributed by atoms with Crippen LogP contribution in [0, 0.1) is 0 Å². The maximum atomic E-state index is 12.1. The summed E-state index contributed by atoms with van der Waals surface area (Å²) in [5.74, 6) is 0. The van der Waals surface area contributed by atoms with E-state index in [1.165, 1.54) is 22.7 Å². The van der Waals surface area contributed by atoms with Crippen LogP contribution in [0.2, 0.25) is 0 Å². The van der Waals surface area contributed by atoms with Crippen LogP contribution in [0.4, 0.5) is 4.79 Å². The topological polar surface area (TPSA) is 79.0 Å². The van der Waals surface area contributed by atoms with Crippen molar-refractivity contribution in [2.45, 2.75) is 25.5 Å². The lowest BCUT2D eigenvalue weighted by Gasteiger charge is -2.33. The van der Waals surface area contributed by atoms with E-state index in [1.54, 1.807) is 0 Å². The van der Waals surface area contributed by atoms with E-state index in [1.807, 2.05) is 30.3 Å². The van der Waals surface area contributed by atoms with Crippen LogP contribution in [0.25, 0.3) is 0 Å². The largest absolute Gasteiger partial charge is 0.445 e. The number of nitrogens with one attached hydrogen (secondary N) is 1. The molecule has 1 saturated heterocycles. The Bertz CT molecular complexity index is 619. The molecule has 1 amide bonds. The summed E-state index contributed by atoms with van der Waals surface area (Å²) in [6, 6.07) is 9.16. The molecule has 1 aromatic rings. The average Bonchev–Trinajstić information content (AvgIpc) is 2.54. The summed E-state index contributed by atoms with van der Waals surface area (Å²) < 4.78 is 32.0. The van der Waals surface area contributed by atoms with Crippen molar-refractivity contribution in [3.63, 3.8) is 0 Å². The van der Waals surface area contributed by atoms with Gasteiger partial charge in [0.05, 0.1) is 0 Å². The fourth-order valence-electron chi connectivity index (χ4n) is 2.43. The number of nitrogens with zero attached hydrogens (tertiary/aromatic N) is 2. The Morgan fingerprint density at radius 1 is 1.35 bits per heavy atom. The first-order valence-corrected chi connectivity index (χ1v) is 8.94. The zero-order chi connectivity index (χ0) is 16.9. The number of carbonyl (C=O) groups is 1. The number of ether oxygens (including phenoxy) is 1. The third kappa shape index (κ3) is 4.92. The molecule has 1 heterocycles. The van der Waals surface area contributed by atoms with E-state index in [0.29, 0.717) is 13.0 Å². The number of benzene rings is 1. The van der Waals surface area contributed by atoms with Gasteiger partial charge in [-0.3, -0.25) is 0 Å². The Labute approximate surface area is 137 Å². The first kappa shape index (κ1) is 17.7. The van der Waals surface area contributed by atoms with Crippen molar-refractivity contribution in [2.24, 2.45) is 0 Å². The summed E-state index contributed by atoms with van der Waals surface area (Å²) in [6.45, 7) is 0.928. The first-order valence-electron chi connectivity index (χ1n) is 7.54. The normalized spacial score (nSPS) is 19.5. The van der Waals surface area contributed by atoms with Gasteiger partial charge in [0, 0.05) is 33.2 Å². The molecule has 128 valence electrons. The lowest BCUT2D eigenvalue weighted by Crippen LogP contribution is -2.52. The molecule has 0 aromatic heterocycles. The highest BCUT2D eigenvalue weighted by Gasteiger charge is 2.31. The van der Waals surface area contributed by atoms with E-state index < -0.39 is 16.3 Å². The van der Waals surface area contributed by atoms with Crippen LogP contribution in [0.1, 0.15) is 18.4 Å². The molecular formula is C15H23N3O4S. The zero-order valence-corrected chi connectivity index (χ0v) is 14.3. The quantitative estimate of drug-likeness (QED) is 0.872. The summed E-state index contributed by atoms with van der Waals surface area (Å²) in [6.07, 6.45) is 0.916. The molecule has 8 heteroatoms. The van der Waals surface area contributed by atoms with E-state index in [4.69, 9.17) is 4.74 Å². The molecule has 1 atom stereocenters. The SMILES string of the molecule is CN(C)S(=O)(=O)N1CCC[C@@H](NC(=O)OCc2ccccc2)C1. The minimum Gasteiger partial charge on any atom is -0.445 e. The maximum Gasteiger partial charge on any atom is 0.407 e. The summed E-state index contributed by atoms with van der Waals surface area (Å²) >= 11 is 0. The number of hydrogen-bond acceptors (Lipinski definition) is 4. The van der Waals surface area contributed by atoms with Gasteiger partial charge in [-0.25, -0.2) is 4.79 Å². The van der Waals surface area contributed by atoms with Gasteiger partial charge in [0.1, 0.15) is 6.61 Å². The second-order valence-electron chi connectivity index (χ2n) is 5.69. The fourth-order valence-corrected chi connectivity index (χ4v) is 3.62. The Morgan fingerprint density at radius 3 is 2.70 bits per heavy atom. The minimum absolute atomic E-state index is 0.194. The Morgan fingerprint density at radius 2 is 2.04 bits per heavy atom. The molecule has 1 fully saturated rings. The van der Waals surface area contributed by atoms with Crippen molar-refractivity contribution in [1.29, 1.82) is 0 Å². The number of piperidine rings is 1. The number of hydrogen-bond donors (Lipinski definition) is 1. The Hall–Kier alpha value is -1.64. The van der Waals surface area contributed by atoms with Crippen molar-refractivity contribution < 1.29 is 17.9 Å². The van der Waals surface area contributed by atoms with Crippen molar-refractivity contribution in [2.75, 3.05) is 27.2 Å². The molecule has 0 unspecified atom stereocenters. The van der Waals surface area contributed by atoms with Crippen molar-refractivity contribution in [1.82, 2.24) is 13.9 Å². The van der Waals surface area contributed by atoms with Crippen molar-refractivity contribution in [3.05, 3.63) is 35.9 Å². The maximum absolute atomic E-state index is 12.1. The standard InChI is InChI=1S/C15H23N3O4S/c1-17(2)23(20,21)18-10-6-9-14(11-18)16-15(19)22-12-13-7-4-3-5-8-13/h3-5,7-8,14H,6,9-12H2,1-2H3,(H,16,19)/t14-/m1/s1. The molecule has 23 heavy (non-hydrogen) atoms. The average molecular weight is 341 g/mol. The van der Waals surface area contributed by atoms with E-state index in [9.17, 15) is 13.2 Å². The van der Waals surface area contributed by atoms with Crippen molar-refractivity contribution >= 4 is 16.3 Å². The zero-order valence-electron chi connectivity index (χ0n) is 13.4. The van der Waals surface area contributed by atoms with Crippen molar-refractivity contribution in [3.8, 4) is 0 Å². The predicted octanol–water partition coefficient (Wildman–Crippen LogP) is 1.18. The molecule has 0 radical (unpaired) electrons. The molecule has 1 N–H and O–H groups in total. The summed E-state index contributed by atoms with van der Waals surface area (Å²) in [5, 5.41) is 2.74. The van der Waals surface area contributed by atoms with Crippen LogP contribution < -0.4 is 5.32 Å². The Balaban J connectivity index is 1.84. The number of carbonyl (C=O) groups excluding carboxylic acids is 1. The number of amides is 1. The highest BCUT2D eigenvalue weighted by atomic mass is 32.2. The Kier molecular flexibility index (Phi) is 5.97. The van der Waals surface area contributed by atoms with E-state index in [2.05, 4.69) is 5.32 Å². The number of alkyl carbamates (subject to hydrolysis) is 1. The van der Waals surface area contributed by atoms with E-state index in [0.717, 1.165) is 12.0 Å². The van der Waals surface area contributed by atoms with Gasteiger partial charge in [-0.2, -0.15) is 17.0 Å². The van der Waals surface area contributed by atoms with Crippen LogP contribution in [0.5, 0.6) is 0 Å². The van der Waals surface area contributed by atoms with Gasteiger partial charge in [0.2, 0.25) is 0 Å². The predicted molar refractivity (Wildman–Crippen MR) is 87.0 cm³/mol. The molecule has 1 aliphatic rings. The monoisotopic (exact) mass is 341 g/mol. The second kappa shape index (κ2) is 7.76. The molecule has 2 rings (SSSR count). The molecular weight excluding hydrogens is 318 g/mol. The summed E-state index contributed by atoms with van der Waals surface area (Å²) in [4.78, 5) is 11.9. The second-order valence-corrected chi connectivity index (χ2v) is 7.84. The number of rotatable bonds is 5. The smallest absolute Gasteiger partial charge is 0.407 e. The third-order valence-electron chi connectivity index (χ3n) is 3.71. The molecule has 0 aliphatic carbocycles. The molecule has 1 aromatic carbocycles.